The highest BCUT2D eigenvalue weighted by molar-refractivity contribution is 5.90. The Labute approximate surface area is 141 Å². The van der Waals surface area contributed by atoms with Gasteiger partial charge in [-0.3, -0.25) is 0 Å². The summed E-state index contributed by atoms with van der Waals surface area (Å²) in [5.41, 5.74) is 1.68. The molecule has 5 heteroatoms. The summed E-state index contributed by atoms with van der Waals surface area (Å²) in [4.78, 5) is 12.2. The molecule has 0 spiro atoms. The minimum absolute atomic E-state index is 0.103. The minimum Gasteiger partial charge on any atom is -0.490 e. The average molecular weight is 325 g/mol. The molecule has 0 bridgehead atoms. The molecule has 0 unspecified atom stereocenters. The Morgan fingerprint density at radius 2 is 1.79 bits per heavy atom. The molecule has 0 saturated carbocycles. The van der Waals surface area contributed by atoms with Crippen LogP contribution in [0.1, 0.15) is 35.3 Å². The zero-order valence-electron chi connectivity index (χ0n) is 13.7. The Hall–Kier alpha value is -3.00. The molecule has 2 aromatic rings. The van der Waals surface area contributed by atoms with E-state index in [0.717, 1.165) is 5.56 Å². The molecule has 124 valence electrons. The van der Waals surface area contributed by atoms with Crippen LogP contribution < -0.4 is 9.47 Å². The first-order chi connectivity index (χ1) is 11.7. The molecule has 0 aromatic heterocycles. The molecule has 0 radical (unpaired) electrons. The predicted octanol–water partition coefficient (Wildman–Crippen LogP) is 3.71. The van der Waals surface area contributed by atoms with Crippen LogP contribution in [0.3, 0.4) is 0 Å². The van der Waals surface area contributed by atoms with Crippen LogP contribution in [-0.2, 0) is 11.3 Å². The SMILES string of the molecule is CCOc1ccc(C(=O)OCc2cccc(C#N)c2)cc1OCC. The van der Waals surface area contributed by atoms with Gasteiger partial charge in [0.25, 0.3) is 0 Å². The van der Waals surface area contributed by atoms with Crippen molar-refractivity contribution >= 4 is 5.97 Å². The topological polar surface area (TPSA) is 68.5 Å². The van der Waals surface area contributed by atoms with Gasteiger partial charge in [0.05, 0.1) is 30.4 Å². The fraction of sp³-hybridized carbons (Fsp3) is 0.263. The zero-order valence-corrected chi connectivity index (χ0v) is 13.7. The summed E-state index contributed by atoms with van der Waals surface area (Å²) >= 11 is 0. The highest BCUT2D eigenvalue weighted by atomic mass is 16.5. The van der Waals surface area contributed by atoms with Gasteiger partial charge in [-0.25, -0.2) is 4.79 Å². The molecule has 0 saturated heterocycles. The van der Waals surface area contributed by atoms with E-state index >= 15 is 0 Å². The van der Waals surface area contributed by atoms with E-state index in [1.165, 1.54) is 0 Å². The standard InChI is InChI=1S/C19H19NO4/c1-3-22-17-9-8-16(11-18(17)23-4-2)19(21)24-13-15-7-5-6-14(10-15)12-20/h5-11H,3-4,13H2,1-2H3. The predicted molar refractivity (Wildman–Crippen MR) is 89.1 cm³/mol. The number of benzene rings is 2. The lowest BCUT2D eigenvalue weighted by Gasteiger charge is -2.12. The van der Waals surface area contributed by atoms with Crippen LogP contribution in [0.4, 0.5) is 0 Å². The summed E-state index contributed by atoms with van der Waals surface area (Å²) in [6, 6.07) is 14.0. The molecule has 5 nitrogen and oxygen atoms in total. The Balaban J connectivity index is 2.08. The van der Waals surface area contributed by atoms with Crippen molar-refractivity contribution in [1.82, 2.24) is 0 Å². The van der Waals surface area contributed by atoms with Crippen molar-refractivity contribution in [2.24, 2.45) is 0 Å². The number of esters is 1. The van der Waals surface area contributed by atoms with Crippen molar-refractivity contribution < 1.29 is 19.0 Å². The van der Waals surface area contributed by atoms with Gasteiger partial charge in [-0.2, -0.15) is 5.26 Å². The number of carbonyl (C=O) groups is 1. The van der Waals surface area contributed by atoms with E-state index in [1.807, 2.05) is 13.8 Å². The first kappa shape index (κ1) is 17.4. The third-order valence-corrected chi connectivity index (χ3v) is 3.21. The van der Waals surface area contributed by atoms with Crippen LogP contribution in [0, 0.1) is 11.3 Å². The van der Waals surface area contributed by atoms with Gasteiger partial charge < -0.3 is 14.2 Å². The first-order valence-electron chi connectivity index (χ1n) is 7.73. The smallest absolute Gasteiger partial charge is 0.338 e. The molecule has 24 heavy (non-hydrogen) atoms. The molecule has 0 fully saturated rings. The van der Waals surface area contributed by atoms with Crippen molar-refractivity contribution in [1.29, 1.82) is 5.26 Å². The maximum absolute atomic E-state index is 12.2. The molecule has 0 heterocycles. The van der Waals surface area contributed by atoms with E-state index in [-0.39, 0.29) is 6.61 Å². The number of hydrogen-bond donors (Lipinski definition) is 0. The maximum atomic E-state index is 12.2. The summed E-state index contributed by atoms with van der Waals surface area (Å²) in [6.45, 7) is 4.83. The lowest BCUT2D eigenvalue weighted by molar-refractivity contribution is 0.0472. The Morgan fingerprint density at radius 1 is 1.04 bits per heavy atom. The molecule has 0 aliphatic carbocycles. The number of ether oxygens (including phenoxy) is 3. The molecule has 0 amide bonds. The second-order valence-electron chi connectivity index (χ2n) is 4.92. The average Bonchev–Trinajstić information content (AvgIpc) is 2.61. The van der Waals surface area contributed by atoms with E-state index in [9.17, 15) is 4.79 Å². The molecule has 0 atom stereocenters. The molecule has 0 N–H and O–H groups in total. The normalized spacial score (nSPS) is 9.88. The van der Waals surface area contributed by atoms with Crippen LogP contribution in [0.5, 0.6) is 11.5 Å². The lowest BCUT2D eigenvalue weighted by atomic mass is 10.1. The van der Waals surface area contributed by atoms with Gasteiger partial charge >= 0.3 is 5.97 Å². The third kappa shape index (κ3) is 4.50. The van der Waals surface area contributed by atoms with Gasteiger partial charge in [-0.05, 0) is 49.7 Å². The first-order valence-corrected chi connectivity index (χ1v) is 7.73. The summed E-state index contributed by atoms with van der Waals surface area (Å²) in [5, 5.41) is 8.88. The highest BCUT2D eigenvalue weighted by Crippen LogP contribution is 2.28. The fourth-order valence-electron chi connectivity index (χ4n) is 2.14. The molecule has 0 aliphatic heterocycles. The van der Waals surface area contributed by atoms with E-state index in [4.69, 9.17) is 19.5 Å². The van der Waals surface area contributed by atoms with Crippen molar-refractivity contribution in [2.45, 2.75) is 20.5 Å². The van der Waals surface area contributed by atoms with Gasteiger partial charge in [-0.15, -0.1) is 0 Å². The molecular weight excluding hydrogens is 306 g/mol. The molecule has 0 aliphatic rings. The van der Waals surface area contributed by atoms with Gasteiger partial charge in [0.1, 0.15) is 6.61 Å². The second kappa shape index (κ2) is 8.59. The Kier molecular flexibility index (Phi) is 6.21. The van der Waals surface area contributed by atoms with Gasteiger partial charge in [0.2, 0.25) is 0 Å². The molecular formula is C19H19NO4. The van der Waals surface area contributed by atoms with E-state index < -0.39 is 5.97 Å². The maximum Gasteiger partial charge on any atom is 0.338 e. The number of nitriles is 1. The van der Waals surface area contributed by atoms with Crippen LogP contribution >= 0.6 is 0 Å². The van der Waals surface area contributed by atoms with E-state index in [0.29, 0.717) is 35.8 Å². The van der Waals surface area contributed by atoms with Crippen LogP contribution in [0.2, 0.25) is 0 Å². The van der Waals surface area contributed by atoms with Gasteiger partial charge in [0, 0.05) is 0 Å². The summed E-state index contributed by atoms with van der Waals surface area (Å²) < 4.78 is 16.3. The largest absolute Gasteiger partial charge is 0.490 e. The van der Waals surface area contributed by atoms with Crippen molar-refractivity contribution in [2.75, 3.05) is 13.2 Å². The van der Waals surface area contributed by atoms with E-state index in [1.54, 1.807) is 42.5 Å². The summed E-state index contributed by atoms with van der Waals surface area (Å²) in [6.07, 6.45) is 0. The Bertz CT molecular complexity index is 749. The van der Waals surface area contributed by atoms with Crippen molar-refractivity contribution in [3.05, 3.63) is 59.2 Å². The lowest BCUT2D eigenvalue weighted by Crippen LogP contribution is -2.07. The second-order valence-corrected chi connectivity index (χ2v) is 4.92. The monoisotopic (exact) mass is 325 g/mol. The van der Waals surface area contributed by atoms with Gasteiger partial charge in [0.15, 0.2) is 11.5 Å². The van der Waals surface area contributed by atoms with E-state index in [2.05, 4.69) is 6.07 Å². The number of carbonyl (C=O) groups excluding carboxylic acids is 1. The fourth-order valence-corrected chi connectivity index (χ4v) is 2.14. The summed E-state index contributed by atoms with van der Waals surface area (Å²) in [5.74, 6) is 0.652. The number of hydrogen-bond acceptors (Lipinski definition) is 5. The van der Waals surface area contributed by atoms with Crippen molar-refractivity contribution in [3.63, 3.8) is 0 Å². The Morgan fingerprint density at radius 3 is 2.50 bits per heavy atom. The van der Waals surface area contributed by atoms with Crippen molar-refractivity contribution in [3.8, 4) is 17.6 Å². The third-order valence-electron chi connectivity index (χ3n) is 3.21. The van der Waals surface area contributed by atoms with Gasteiger partial charge in [-0.1, -0.05) is 12.1 Å². The molecule has 2 aromatic carbocycles. The number of rotatable bonds is 7. The summed E-state index contributed by atoms with van der Waals surface area (Å²) in [7, 11) is 0. The minimum atomic E-state index is -0.457. The highest BCUT2D eigenvalue weighted by Gasteiger charge is 2.13. The number of nitrogens with zero attached hydrogens (tertiary/aromatic N) is 1. The van der Waals surface area contributed by atoms with Crippen LogP contribution in [0.25, 0.3) is 0 Å². The molecule has 2 rings (SSSR count). The zero-order chi connectivity index (χ0) is 17.4. The van der Waals surface area contributed by atoms with Crippen LogP contribution in [0.15, 0.2) is 42.5 Å². The van der Waals surface area contributed by atoms with Crippen LogP contribution in [-0.4, -0.2) is 19.2 Å². The quantitative estimate of drug-likeness (QED) is 0.726.